The molecule has 1 aromatic heterocycles. The van der Waals surface area contributed by atoms with Crippen LogP contribution >= 0.6 is 11.3 Å². The molecule has 180 valence electrons. The number of aromatic nitrogens is 1. The molecule has 1 fully saturated rings. The van der Waals surface area contributed by atoms with E-state index >= 15 is 0 Å². The van der Waals surface area contributed by atoms with Crippen LogP contribution in [0.4, 0.5) is 5.69 Å². The molecular formula is C27H27N3O3S2. The second-order valence-electron chi connectivity index (χ2n) is 8.46. The SMILES string of the molecule is Cc1ccc(Cn2c(-c3ccc(S(=O)(=O)N4CCOCC4)cc3)csc2=Nc2ccccc2)cc1. The molecule has 5 rings (SSSR count). The van der Waals surface area contributed by atoms with Gasteiger partial charge in [-0.3, -0.25) is 0 Å². The molecule has 6 nitrogen and oxygen atoms in total. The molecule has 3 aromatic carbocycles. The topological polar surface area (TPSA) is 63.9 Å². The summed E-state index contributed by atoms with van der Waals surface area (Å²) in [5.41, 5.74) is 5.24. The Morgan fingerprint density at radius 2 is 1.60 bits per heavy atom. The fourth-order valence-corrected chi connectivity index (χ4v) is 6.36. The number of ether oxygens (including phenoxy) is 1. The van der Waals surface area contributed by atoms with Gasteiger partial charge in [0.05, 0.1) is 36.0 Å². The molecule has 0 amide bonds. The van der Waals surface area contributed by atoms with Crippen molar-refractivity contribution < 1.29 is 13.2 Å². The van der Waals surface area contributed by atoms with Crippen molar-refractivity contribution in [3.05, 3.63) is 100 Å². The van der Waals surface area contributed by atoms with Crippen molar-refractivity contribution in [3.63, 3.8) is 0 Å². The molecule has 0 spiro atoms. The Hall–Kier alpha value is -3.04. The van der Waals surface area contributed by atoms with Gasteiger partial charge in [0, 0.05) is 18.5 Å². The third-order valence-electron chi connectivity index (χ3n) is 6.00. The van der Waals surface area contributed by atoms with Gasteiger partial charge in [-0.15, -0.1) is 11.3 Å². The Morgan fingerprint density at radius 1 is 0.914 bits per heavy atom. The molecule has 1 aliphatic heterocycles. The lowest BCUT2D eigenvalue weighted by atomic mass is 10.1. The van der Waals surface area contributed by atoms with Crippen LogP contribution in [0, 0.1) is 6.92 Å². The lowest BCUT2D eigenvalue weighted by Gasteiger charge is -2.26. The number of hydrogen-bond acceptors (Lipinski definition) is 5. The number of benzene rings is 3. The van der Waals surface area contributed by atoms with E-state index in [0.29, 0.717) is 37.7 Å². The summed E-state index contributed by atoms with van der Waals surface area (Å²) in [6.45, 7) is 4.37. The Balaban J connectivity index is 1.52. The summed E-state index contributed by atoms with van der Waals surface area (Å²) < 4.78 is 35.0. The average Bonchev–Trinajstić information content (AvgIpc) is 3.28. The van der Waals surface area contributed by atoms with Crippen LogP contribution in [0.2, 0.25) is 0 Å². The molecule has 0 radical (unpaired) electrons. The number of nitrogens with zero attached hydrogens (tertiary/aromatic N) is 3. The highest BCUT2D eigenvalue weighted by molar-refractivity contribution is 7.89. The van der Waals surface area contributed by atoms with Crippen LogP contribution < -0.4 is 4.80 Å². The molecule has 4 aromatic rings. The first kappa shape index (κ1) is 23.7. The maximum absolute atomic E-state index is 13.0. The van der Waals surface area contributed by atoms with Gasteiger partial charge >= 0.3 is 0 Å². The zero-order chi connectivity index (χ0) is 24.3. The molecule has 0 unspecified atom stereocenters. The van der Waals surface area contributed by atoms with Gasteiger partial charge in [-0.2, -0.15) is 4.31 Å². The maximum atomic E-state index is 13.0. The summed E-state index contributed by atoms with van der Waals surface area (Å²) in [5.74, 6) is 0. The predicted molar refractivity (Wildman–Crippen MR) is 139 cm³/mol. The first-order valence-corrected chi connectivity index (χ1v) is 13.8. The van der Waals surface area contributed by atoms with Crippen molar-refractivity contribution >= 4 is 27.0 Å². The van der Waals surface area contributed by atoms with Crippen LogP contribution in [-0.2, 0) is 21.3 Å². The van der Waals surface area contributed by atoms with E-state index in [0.717, 1.165) is 21.7 Å². The van der Waals surface area contributed by atoms with Crippen molar-refractivity contribution in [1.82, 2.24) is 8.87 Å². The summed E-state index contributed by atoms with van der Waals surface area (Å²) in [5, 5.41) is 2.08. The summed E-state index contributed by atoms with van der Waals surface area (Å²) >= 11 is 1.58. The molecule has 0 bridgehead atoms. The van der Waals surface area contributed by atoms with E-state index in [4.69, 9.17) is 9.73 Å². The van der Waals surface area contributed by atoms with Gasteiger partial charge < -0.3 is 9.30 Å². The minimum absolute atomic E-state index is 0.303. The van der Waals surface area contributed by atoms with E-state index < -0.39 is 10.0 Å². The van der Waals surface area contributed by atoms with Crippen molar-refractivity contribution in [1.29, 1.82) is 0 Å². The standard InChI is InChI=1S/C27H27N3O3S2/c1-21-7-9-22(10-8-21)19-30-26(20-34-27(30)28-24-5-3-2-4-6-24)23-11-13-25(14-12-23)35(31,32)29-15-17-33-18-16-29/h2-14,20H,15-19H2,1H3. The van der Waals surface area contributed by atoms with Gasteiger partial charge in [0.2, 0.25) is 10.0 Å². The second kappa shape index (κ2) is 10.3. The summed E-state index contributed by atoms with van der Waals surface area (Å²) in [6, 6.07) is 25.6. The van der Waals surface area contributed by atoms with Crippen LogP contribution in [0.25, 0.3) is 11.3 Å². The van der Waals surface area contributed by atoms with Gasteiger partial charge in [0.1, 0.15) is 0 Å². The maximum Gasteiger partial charge on any atom is 0.243 e. The number of hydrogen-bond donors (Lipinski definition) is 0. The lowest BCUT2D eigenvalue weighted by Crippen LogP contribution is -2.40. The van der Waals surface area contributed by atoms with Crippen LogP contribution in [0.5, 0.6) is 0 Å². The third kappa shape index (κ3) is 5.31. The van der Waals surface area contributed by atoms with E-state index in [9.17, 15) is 8.42 Å². The Bertz CT molecular complexity index is 1450. The normalized spacial score (nSPS) is 15.4. The predicted octanol–water partition coefficient (Wildman–Crippen LogP) is 4.83. The first-order chi connectivity index (χ1) is 17.0. The van der Waals surface area contributed by atoms with Gasteiger partial charge in [-0.25, -0.2) is 13.4 Å². The van der Waals surface area contributed by atoms with E-state index in [1.165, 1.54) is 15.4 Å². The second-order valence-corrected chi connectivity index (χ2v) is 11.2. The molecule has 0 saturated carbocycles. The van der Waals surface area contributed by atoms with Crippen LogP contribution in [-0.4, -0.2) is 43.6 Å². The zero-order valence-electron chi connectivity index (χ0n) is 19.5. The number of aryl methyl sites for hydroxylation is 1. The summed E-state index contributed by atoms with van der Waals surface area (Å²) in [6.07, 6.45) is 0. The Labute approximate surface area is 209 Å². The molecule has 0 N–H and O–H groups in total. The number of para-hydroxylation sites is 1. The molecule has 35 heavy (non-hydrogen) atoms. The van der Waals surface area contributed by atoms with Crippen molar-refractivity contribution in [2.75, 3.05) is 26.3 Å². The van der Waals surface area contributed by atoms with E-state index in [-0.39, 0.29) is 0 Å². The quantitative estimate of drug-likeness (QED) is 0.377. The van der Waals surface area contributed by atoms with Crippen LogP contribution in [0.15, 0.2) is 94.1 Å². The molecule has 0 atom stereocenters. The molecule has 0 aliphatic carbocycles. The highest BCUT2D eigenvalue weighted by atomic mass is 32.2. The Morgan fingerprint density at radius 3 is 2.29 bits per heavy atom. The number of thiazole rings is 1. The molecule has 8 heteroatoms. The van der Waals surface area contributed by atoms with Crippen LogP contribution in [0.1, 0.15) is 11.1 Å². The smallest absolute Gasteiger partial charge is 0.243 e. The third-order valence-corrected chi connectivity index (χ3v) is 8.77. The van der Waals surface area contributed by atoms with Crippen molar-refractivity contribution in [2.24, 2.45) is 4.99 Å². The highest BCUT2D eigenvalue weighted by Crippen LogP contribution is 2.25. The first-order valence-electron chi connectivity index (χ1n) is 11.5. The Kier molecular flexibility index (Phi) is 6.97. The van der Waals surface area contributed by atoms with Gasteiger partial charge in [-0.1, -0.05) is 60.2 Å². The highest BCUT2D eigenvalue weighted by Gasteiger charge is 2.26. The summed E-state index contributed by atoms with van der Waals surface area (Å²) in [4.78, 5) is 6.08. The van der Waals surface area contributed by atoms with Crippen molar-refractivity contribution in [3.8, 4) is 11.3 Å². The average molecular weight is 506 g/mol. The summed E-state index contributed by atoms with van der Waals surface area (Å²) in [7, 11) is -3.53. The number of rotatable bonds is 6. The van der Waals surface area contributed by atoms with Crippen molar-refractivity contribution in [2.45, 2.75) is 18.4 Å². The van der Waals surface area contributed by atoms with Gasteiger partial charge in [-0.05, 0) is 42.3 Å². The fourth-order valence-electron chi connectivity index (χ4n) is 4.02. The van der Waals surface area contributed by atoms with Gasteiger partial charge in [0.15, 0.2) is 4.80 Å². The van der Waals surface area contributed by atoms with Gasteiger partial charge in [0.25, 0.3) is 0 Å². The zero-order valence-corrected chi connectivity index (χ0v) is 21.1. The van der Waals surface area contributed by atoms with Crippen LogP contribution in [0.3, 0.4) is 0 Å². The molecule has 1 saturated heterocycles. The van der Waals surface area contributed by atoms with E-state index in [1.807, 2.05) is 42.5 Å². The minimum Gasteiger partial charge on any atom is -0.379 e. The lowest BCUT2D eigenvalue weighted by molar-refractivity contribution is 0.0730. The fraction of sp³-hybridized carbons (Fsp3) is 0.222. The largest absolute Gasteiger partial charge is 0.379 e. The number of sulfonamides is 1. The van der Waals surface area contributed by atoms with E-state index in [1.54, 1.807) is 23.5 Å². The minimum atomic E-state index is -3.53. The molecule has 1 aliphatic rings. The molecular weight excluding hydrogens is 478 g/mol. The monoisotopic (exact) mass is 505 g/mol. The number of morpholine rings is 1. The van der Waals surface area contributed by atoms with E-state index in [2.05, 4.69) is 41.1 Å². The molecule has 2 heterocycles.